The van der Waals surface area contributed by atoms with E-state index in [1.807, 2.05) is 42.5 Å². The van der Waals surface area contributed by atoms with Crippen molar-refractivity contribution in [2.24, 2.45) is 5.16 Å². The summed E-state index contributed by atoms with van der Waals surface area (Å²) in [5.74, 6) is -0.234. The lowest BCUT2D eigenvalue weighted by atomic mass is 10.1. The van der Waals surface area contributed by atoms with Crippen molar-refractivity contribution in [3.05, 3.63) is 66.1 Å². The Bertz CT molecular complexity index is 807. The van der Waals surface area contributed by atoms with Gasteiger partial charge in [-0.1, -0.05) is 35.5 Å². The molecule has 0 radical (unpaired) electrons. The zero-order valence-corrected chi connectivity index (χ0v) is 12.6. The van der Waals surface area contributed by atoms with Crippen molar-refractivity contribution in [1.82, 2.24) is 15.3 Å². The first-order valence-electron chi connectivity index (χ1n) is 7.17. The number of nitrogens with one attached hydrogen (secondary N) is 2. The minimum absolute atomic E-state index is 0.130. The fraction of sp³-hybridized carbons (Fsp3) is 0.118. The predicted octanol–water partition coefficient (Wildman–Crippen LogP) is 2.08. The van der Waals surface area contributed by atoms with Crippen molar-refractivity contribution < 1.29 is 9.63 Å². The van der Waals surface area contributed by atoms with E-state index >= 15 is 0 Å². The third-order valence-corrected chi connectivity index (χ3v) is 3.36. The quantitative estimate of drug-likeness (QED) is 0.559. The first-order chi connectivity index (χ1) is 11.3. The summed E-state index contributed by atoms with van der Waals surface area (Å²) in [5, 5.41) is 7.67. The average molecular weight is 308 g/mol. The number of hydrogen-bond acceptors (Lipinski definition) is 4. The van der Waals surface area contributed by atoms with Crippen LogP contribution >= 0.6 is 0 Å². The molecule has 1 amide bonds. The van der Waals surface area contributed by atoms with Crippen molar-refractivity contribution in [2.75, 3.05) is 13.7 Å². The Labute approximate surface area is 133 Å². The number of H-pyrrole nitrogens is 1. The fourth-order valence-corrected chi connectivity index (χ4v) is 2.18. The maximum absolute atomic E-state index is 11.3. The highest BCUT2D eigenvalue weighted by Crippen LogP contribution is 2.17. The second kappa shape index (κ2) is 6.74. The first kappa shape index (κ1) is 14.8. The highest BCUT2D eigenvalue weighted by Gasteiger charge is 2.11. The molecule has 0 aliphatic heterocycles. The van der Waals surface area contributed by atoms with Crippen LogP contribution in [-0.2, 0) is 9.63 Å². The second-order valence-electron chi connectivity index (χ2n) is 4.90. The van der Waals surface area contributed by atoms with Crippen molar-refractivity contribution in [3.8, 4) is 0 Å². The largest absolute Gasteiger partial charge is 0.385 e. The van der Waals surface area contributed by atoms with Crippen LogP contribution in [0, 0.1) is 0 Å². The van der Waals surface area contributed by atoms with E-state index in [0.29, 0.717) is 5.71 Å². The number of fused-ring (bicyclic) bond motifs is 1. The van der Waals surface area contributed by atoms with Crippen LogP contribution in [0.2, 0.25) is 0 Å². The highest BCUT2D eigenvalue weighted by atomic mass is 16.6. The Morgan fingerprint density at radius 2 is 2.13 bits per heavy atom. The number of oxime groups is 1. The molecule has 6 heteroatoms. The molecule has 0 saturated heterocycles. The van der Waals surface area contributed by atoms with Gasteiger partial charge in [0.25, 0.3) is 5.91 Å². The molecule has 0 bridgehead atoms. The summed E-state index contributed by atoms with van der Waals surface area (Å²) in [5.41, 5.74) is 3.24. The number of likely N-dealkylation sites (N-methyl/N-ethyl adjacent to an activating group) is 1. The summed E-state index contributed by atoms with van der Waals surface area (Å²) in [6.07, 6.45) is 3.49. The van der Waals surface area contributed by atoms with Crippen molar-refractivity contribution in [1.29, 1.82) is 0 Å². The van der Waals surface area contributed by atoms with Gasteiger partial charge in [0.15, 0.2) is 6.61 Å². The molecule has 1 aromatic carbocycles. The van der Waals surface area contributed by atoms with E-state index in [2.05, 4.69) is 20.4 Å². The zero-order valence-electron chi connectivity index (χ0n) is 12.6. The summed E-state index contributed by atoms with van der Waals surface area (Å²) in [6, 6.07) is 13.6. The number of pyridine rings is 1. The van der Waals surface area contributed by atoms with Gasteiger partial charge in [0, 0.05) is 24.2 Å². The number of rotatable bonds is 5. The molecule has 116 valence electrons. The zero-order chi connectivity index (χ0) is 16.1. The molecular weight excluding hydrogens is 292 g/mol. The number of hydrogen-bond donors (Lipinski definition) is 2. The van der Waals surface area contributed by atoms with Crippen LogP contribution in [-0.4, -0.2) is 35.2 Å². The topological polar surface area (TPSA) is 79.4 Å². The maximum Gasteiger partial charge on any atom is 0.260 e. The number of aromatic amines is 1. The Hall–Kier alpha value is -3.15. The SMILES string of the molecule is CNC(=O)CON=C(c1ccccc1)c1cc2ccncc2[nH]1. The molecule has 0 unspecified atom stereocenters. The van der Waals surface area contributed by atoms with Crippen LogP contribution in [0.25, 0.3) is 10.9 Å². The van der Waals surface area contributed by atoms with Gasteiger partial charge in [-0.15, -0.1) is 0 Å². The van der Waals surface area contributed by atoms with Gasteiger partial charge in [-0.05, 0) is 12.1 Å². The van der Waals surface area contributed by atoms with Crippen molar-refractivity contribution >= 4 is 22.5 Å². The van der Waals surface area contributed by atoms with Crippen LogP contribution in [0.4, 0.5) is 0 Å². The van der Waals surface area contributed by atoms with Gasteiger partial charge in [-0.2, -0.15) is 0 Å². The van der Waals surface area contributed by atoms with Crippen LogP contribution in [0.15, 0.2) is 60.0 Å². The molecule has 3 rings (SSSR count). The number of carbonyl (C=O) groups excluding carboxylic acids is 1. The van der Waals surface area contributed by atoms with Gasteiger partial charge in [-0.25, -0.2) is 0 Å². The molecule has 2 aromatic heterocycles. The highest BCUT2D eigenvalue weighted by molar-refractivity contribution is 6.13. The number of aromatic nitrogens is 2. The minimum atomic E-state index is -0.234. The Morgan fingerprint density at radius 3 is 2.87 bits per heavy atom. The molecule has 2 N–H and O–H groups in total. The minimum Gasteiger partial charge on any atom is -0.385 e. The molecule has 0 fully saturated rings. The summed E-state index contributed by atoms with van der Waals surface area (Å²) in [7, 11) is 1.55. The molecule has 3 aromatic rings. The Kier molecular flexibility index (Phi) is 4.33. The molecular formula is C17H16N4O2. The number of benzene rings is 1. The molecule has 6 nitrogen and oxygen atoms in total. The van der Waals surface area contributed by atoms with Crippen LogP contribution in [0.5, 0.6) is 0 Å². The molecule has 2 heterocycles. The van der Waals surface area contributed by atoms with Crippen LogP contribution in [0.3, 0.4) is 0 Å². The van der Waals surface area contributed by atoms with E-state index in [9.17, 15) is 4.79 Å². The molecule has 0 spiro atoms. The van der Waals surface area contributed by atoms with Gasteiger partial charge in [-0.3, -0.25) is 9.78 Å². The average Bonchev–Trinajstić information content (AvgIpc) is 3.02. The lowest BCUT2D eigenvalue weighted by Gasteiger charge is -2.05. The summed E-state index contributed by atoms with van der Waals surface area (Å²) >= 11 is 0. The monoisotopic (exact) mass is 308 g/mol. The first-order valence-corrected chi connectivity index (χ1v) is 7.17. The Morgan fingerprint density at radius 1 is 1.30 bits per heavy atom. The molecule has 0 atom stereocenters. The van der Waals surface area contributed by atoms with Gasteiger partial charge >= 0.3 is 0 Å². The number of nitrogens with zero attached hydrogens (tertiary/aromatic N) is 2. The molecule has 23 heavy (non-hydrogen) atoms. The van der Waals surface area contributed by atoms with E-state index in [4.69, 9.17) is 4.84 Å². The molecule has 0 aliphatic carbocycles. The summed E-state index contributed by atoms with van der Waals surface area (Å²) in [6.45, 7) is -0.130. The van der Waals surface area contributed by atoms with E-state index in [1.165, 1.54) is 0 Å². The van der Waals surface area contributed by atoms with E-state index < -0.39 is 0 Å². The Balaban J connectivity index is 1.97. The van der Waals surface area contributed by atoms with Gasteiger partial charge < -0.3 is 15.1 Å². The number of carbonyl (C=O) groups is 1. The van der Waals surface area contributed by atoms with Crippen LogP contribution < -0.4 is 5.32 Å². The standard InChI is InChI=1S/C17H16N4O2/c1-18-16(22)11-23-21-17(12-5-3-2-4-6-12)14-9-13-7-8-19-10-15(13)20-14/h2-10,20H,11H2,1H3,(H,18,22). The van der Waals surface area contributed by atoms with Crippen molar-refractivity contribution in [3.63, 3.8) is 0 Å². The number of amides is 1. The van der Waals surface area contributed by atoms with Gasteiger partial charge in [0.2, 0.25) is 0 Å². The lowest BCUT2D eigenvalue weighted by Crippen LogP contribution is -2.22. The van der Waals surface area contributed by atoms with Crippen LogP contribution in [0.1, 0.15) is 11.3 Å². The lowest BCUT2D eigenvalue weighted by molar-refractivity contribution is -0.125. The van der Waals surface area contributed by atoms with Gasteiger partial charge in [0.1, 0.15) is 5.71 Å². The van der Waals surface area contributed by atoms with Crippen molar-refractivity contribution in [2.45, 2.75) is 0 Å². The van der Waals surface area contributed by atoms with E-state index in [1.54, 1.807) is 19.4 Å². The third-order valence-electron chi connectivity index (χ3n) is 3.36. The predicted molar refractivity (Wildman–Crippen MR) is 88.2 cm³/mol. The summed E-state index contributed by atoms with van der Waals surface area (Å²) < 4.78 is 0. The fourth-order valence-electron chi connectivity index (χ4n) is 2.18. The maximum atomic E-state index is 11.3. The normalized spacial score (nSPS) is 11.4. The van der Waals surface area contributed by atoms with E-state index in [0.717, 1.165) is 22.2 Å². The van der Waals surface area contributed by atoms with E-state index in [-0.39, 0.29) is 12.5 Å². The second-order valence-corrected chi connectivity index (χ2v) is 4.90. The van der Waals surface area contributed by atoms with Gasteiger partial charge in [0.05, 0.1) is 17.4 Å². The third kappa shape index (κ3) is 3.37. The summed E-state index contributed by atoms with van der Waals surface area (Å²) in [4.78, 5) is 23.9. The smallest absolute Gasteiger partial charge is 0.260 e. The molecule has 0 aliphatic rings. The molecule has 0 saturated carbocycles.